The minimum absolute atomic E-state index is 0.0568. The second-order valence-electron chi connectivity index (χ2n) is 8.85. The summed E-state index contributed by atoms with van der Waals surface area (Å²) in [6.07, 6.45) is -3.56. The number of hydrogen-bond donors (Lipinski definition) is 4. The van der Waals surface area contributed by atoms with Crippen LogP contribution in [0.2, 0.25) is 0 Å². The first kappa shape index (κ1) is 27.2. The number of nitrogens with zero attached hydrogens (tertiary/aromatic N) is 1. The van der Waals surface area contributed by atoms with Crippen LogP contribution in [0.5, 0.6) is 0 Å². The maximum Gasteiger partial charge on any atom is 0.416 e. The average Bonchev–Trinajstić information content (AvgIpc) is 3.28. The van der Waals surface area contributed by atoms with Gasteiger partial charge in [-0.3, -0.25) is 14.4 Å². The Kier molecular flexibility index (Phi) is 9.05. The van der Waals surface area contributed by atoms with Crippen LogP contribution in [0.15, 0.2) is 54.6 Å². The van der Waals surface area contributed by atoms with E-state index in [2.05, 4.69) is 10.6 Å². The molecule has 0 bridgehead atoms. The summed E-state index contributed by atoms with van der Waals surface area (Å²) in [7, 11) is 0. The zero-order chi connectivity index (χ0) is 26.3. The maximum atomic E-state index is 13.0. The Morgan fingerprint density at radius 1 is 1.06 bits per heavy atom. The van der Waals surface area contributed by atoms with Gasteiger partial charge in [0.15, 0.2) is 0 Å². The molecule has 2 aromatic carbocycles. The molecule has 194 valence electrons. The Bertz CT molecular complexity index is 1060. The summed E-state index contributed by atoms with van der Waals surface area (Å²) in [6, 6.07) is 11.0. The lowest BCUT2D eigenvalue weighted by Gasteiger charge is -2.22. The third kappa shape index (κ3) is 7.79. The van der Waals surface area contributed by atoms with Gasteiger partial charge < -0.3 is 27.0 Å². The molecule has 36 heavy (non-hydrogen) atoms. The quantitative estimate of drug-likeness (QED) is 0.414. The minimum atomic E-state index is -4.57. The summed E-state index contributed by atoms with van der Waals surface area (Å²) in [5.74, 6) is -1.70. The van der Waals surface area contributed by atoms with Crippen LogP contribution in [0.3, 0.4) is 0 Å². The molecule has 11 heteroatoms. The van der Waals surface area contributed by atoms with Crippen LogP contribution in [0.4, 0.5) is 18.9 Å². The van der Waals surface area contributed by atoms with Gasteiger partial charge in [-0.15, -0.1) is 0 Å². The molecule has 0 saturated carbocycles. The molecule has 1 heterocycles. The highest BCUT2D eigenvalue weighted by molar-refractivity contribution is 5.98. The van der Waals surface area contributed by atoms with Gasteiger partial charge in [-0.2, -0.15) is 13.2 Å². The first-order chi connectivity index (χ1) is 17.0. The lowest BCUT2D eigenvalue weighted by molar-refractivity contribution is -0.137. The lowest BCUT2D eigenvalue weighted by Crippen LogP contribution is -2.51. The van der Waals surface area contributed by atoms with Crippen molar-refractivity contribution in [2.24, 2.45) is 11.5 Å². The molecule has 2 aromatic rings. The largest absolute Gasteiger partial charge is 0.416 e. The molecule has 6 N–H and O–H groups in total. The molecule has 1 aliphatic heterocycles. The normalized spacial score (nSPS) is 17.4. The highest BCUT2D eigenvalue weighted by Gasteiger charge is 2.31. The number of amides is 3. The number of halogens is 3. The van der Waals surface area contributed by atoms with Crippen molar-refractivity contribution in [2.75, 3.05) is 18.4 Å². The van der Waals surface area contributed by atoms with Gasteiger partial charge in [0.2, 0.25) is 17.7 Å². The van der Waals surface area contributed by atoms with Gasteiger partial charge in [0.1, 0.15) is 6.04 Å². The SMILES string of the molecule is N[C@H]1CCN(C(=O)C[C@H](N)C(=O)N[C@@H](CCc2ccccc2)C(=O)Nc2cccc(C(F)(F)F)c2)C1. The number of hydrogen-bond acceptors (Lipinski definition) is 5. The topological polar surface area (TPSA) is 131 Å². The summed E-state index contributed by atoms with van der Waals surface area (Å²) in [4.78, 5) is 39.7. The fourth-order valence-electron chi connectivity index (χ4n) is 3.93. The Morgan fingerprint density at radius 2 is 1.78 bits per heavy atom. The van der Waals surface area contributed by atoms with E-state index in [1.807, 2.05) is 30.3 Å². The molecule has 1 saturated heterocycles. The average molecular weight is 506 g/mol. The first-order valence-corrected chi connectivity index (χ1v) is 11.6. The van der Waals surface area contributed by atoms with Gasteiger partial charge in [-0.1, -0.05) is 36.4 Å². The summed E-state index contributed by atoms with van der Waals surface area (Å²) >= 11 is 0. The number of nitrogens with one attached hydrogen (secondary N) is 2. The molecule has 0 aliphatic carbocycles. The van der Waals surface area contributed by atoms with E-state index in [-0.39, 0.29) is 30.5 Å². The number of carbonyl (C=O) groups is 3. The predicted molar refractivity (Wildman–Crippen MR) is 129 cm³/mol. The van der Waals surface area contributed by atoms with Gasteiger partial charge in [0.25, 0.3) is 0 Å². The van der Waals surface area contributed by atoms with E-state index < -0.39 is 35.6 Å². The number of anilines is 1. The second-order valence-corrected chi connectivity index (χ2v) is 8.85. The van der Waals surface area contributed by atoms with E-state index in [9.17, 15) is 27.6 Å². The zero-order valence-corrected chi connectivity index (χ0v) is 19.6. The van der Waals surface area contributed by atoms with Gasteiger partial charge in [0, 0.05) is 24.8 Å². The number of rotatable bonds is 9. The summed E-state index contributed by atoms with van der Waals surface area (Å²) in [5.41, 5.74) is 11.7. The number of carbonyl (C=O) groups excluding carboxylic acids is 3. The maximum absolute atomic E-state index is 13.0. The number of aryl methyl sites for hydroxylation is 1. The number of likely N-dealkylation sites (tertiary alicyclic amines) is 1. The highest BCUT2D eigenvalue weighted by Crippen LogP contribution is 2.30. The predicted octanol–water partition coefficient (Wildman–Crippen LogP) is 2.04. The second kappa shape index (κ2) is 12.0. The van der Waals surface area contributed by atoms with Crippen molar-refractivity contribution < 1.29 is 27.6 Å². The molecule has 3 rings (SSSR count). The summed E-state index contributed by atoms with van der Waals surface area (Å²) < 4.78 is 39.1. The van der Waals surface area contributed by atoms with Crippen molar-refractivity contribution in [3.63, 3.8) is 0 Å². The van der Waals surface area contributed by atoms with Crippen LogP contribution in [0.25, 0.3) is 0 Å². The van der Waals surface area contributed by atoms with Gasteiger partial charge in [0.05, 0.1) is 18.0 Å². The molecule has 0 unspecified atom stereocenters. The van der Waals surface area contributed by atoms with Crippen LogP contribution in [-0.4, -0.2) is 53.8 Å². The van der Waals surface area contributed by atoms with E-state index in [4.69, 9.17) is 11.5 Å². The molecular formula is C25H30F3N5O3. The van der Waals surface area contributed by atoms with Crippen LogP contribution < -0.4 is 22.1 Å². The van der Waals surface area contributed by atoms with Crippen molar-refractivity contribution in [2.45, 2.75) is 50.0 Å². The fourth-order valence-corrected chi connectivity index (χ4v) is 3.93. The van der Waals surface area contributed by atoms with Crippen LogP contribution in [0, 0.1) is 0 Å². The van der Waals surface area contributed by atoms with Crippen LogP contribution in [-0.2, 0) is 27.0 Å². The van der Waals surface area contributed by atoms with Gasteiger partial charge in [-0.05, 0) is 43.0 Å². The molecule has 1 fully saturated rings. The van der Waals surface area contributed by atoms with Gasteiger partial charge in [-0.25, -0.2) is 0 Å². The zero-order valence-electron chi connectivity index (χ0n) is 19.6. The van der Waals surface area contributed by atoms with Crippen LogP contribution in [0.1, 0.15) is 30.4 Å². The third-order valence-electron chi connectivity index (χ3n) is 5.96. The summed E-state index contributed by atoms with van der Waals surface area (Å²) in [6.45, 7) is 0.889. The Hall–Kier alpha value is -3.44. The number of nitrogens with two attached hydrogens (primary N) is 2. The molecule has 3 atom stereocenters. The summed E-state index contributed by atoms with van der Waals surface area (Å²) in [5, 5.41) is 5.00. The molecule has 8 nitrogen and oxygen atoms in total. The smallest absolute Gasteiger partial charge is 0.343 e. The van der Waals surface area contributed by atoms with Crippen molar-refractivity contribution in [3.05, 3.63) is 65.7 Å². The minimum Gasteiger partial charge on any atom is -0.343 e. The monoisotopic (exact) mass is 505 g/mol. The van der Waals surface area contributed by atoms with E-state index in [1.165, 1.54) is 12.1 Å². The Balaban J connectivity index is 1.67. The van der Waals surface area contributed by atoms with Crippen molar-refractivity contribution in [1.29, 1.82) is 0 Å². The molecule has 0 radical (unpaired) electrons. The Labute approximate surface area is 207 Å². The van der Waals surface area contributed by atoms with Crippen molar-refractivity contribution in [3.8, 4) is 0 Å². The first-order valence-electron chi connectivity index (χ1n) is 11.6. The van der Waals surface area contributed by atoms with Crippen molar-refractivity contribution >= 4 is 23.4 Å². The number of benzene rings is 2. The van der Waals surface area contributed by atoms with E-state index in [0.717, 1.165) is 17.7 Å². The highest BCUT2D eigenvalue weighted by atomic mass is 19.4. The van der Waals surface area contributed by atoms with Crippen molar-refractivity contribution in [1.82, 2.24) is 10.2 Å². The Morgan fingerprint density at radius 3 is 2.42 bits per heavy atom. The molecule has 1 aliphatic rings. The lowest BCUT2D eigenvalue weighted by atomic mass is 10.0. The molecule has 0 spiro atoms. The standard InChI is InChI=1S/C25H30F3N5O3/c26-25(27,28)17-7-4-8-19(13-17)31-24(36)21(10-9-16-5-2-1-3-6-16)32-23(35)20(30)14-22(34)33-12-11-18(29)15-33/h1-8,13,18,20-21H,9-12,14-15,29-30H2,(H,31,36)(H,32,35)/t18-,20-,21-/m0/s1. The number of alkyl halides is 3. The molecule has 3 amide bonds. The van der Waals surface area contributed by atoms with Crippen LogP contribution >= 0.6 is 0 Å². The van der Waals surface area contributed by atoms with Gasteiger partial charge >= 0.3 is 6.18 Å². The third-order valence-corrected chi connectivity index (χ3v) is 5.96. The van der Waals surface area contributed by atoms with E-state index in [0.29, 0.717) is 25.9 Å². The van der Waals surface area contributed by atoms with E-state index in [1.54, 1.807) is 4.90 Å². The molecule has 0 aromatic heterocycles. The molecular weight excluding hydrogens is 475 g/mol. The fraction of sp³-hybridized carbons (Fsp3) is 0.400. The van der Waals surface area contributed by atoms with E-state index >= 15 is 0 Å².